The second-order valence-corrected chi connectivity index (χ2v) is 5.80. The van der Waals surface area contributed by atoms with Gasteiger partial charge >= 0.3 is 0 Å². The summed E-state index contributed by atoms with van der Waals surface area (Å²) in [6.07, 6.45) is 3.82. The van der Waals surface area contributed by atoms with Crippen molar-refractivity contribution in [1.82, 2.24) is 4.98 Å². The van der Waals surface area contributed by atoms with E-state index >= 15 is 0 Å². The lowest BCUT2D eigenvalue weighted by atomic mass is 9.89. The van der Waals surface area contributed by atoms with Crippen LogP contribution in [0.3, 0.4) is 0 Å². The molecule has 0 fully saturated rings. The third-order valence-electron chi connectivity index (χ3n) is 3.54. The van der Waals surface area contributed by atoms with E-state index in [1.165, 1.54) is 12.3 Å². The number of benzene rings is 1. The summed E-state index contributed by atoms with van der Waals surface area (Å²) >= 11 is 0. The third kappa shape index (κ3) is 3.46. The predicted octanol–water partition coefficient (Wildman–Crippen LogP) is 2.96. The molecule has 0 spiro atoms. The molecule has 112 valence electrons. The van der Waals surface area contributed by atoms with Gasteiger partial charge in [0.2, 0.25) is 0 Å². The first-order valence-electron chi connectivity index (χ1n) is 6.80. The molecule has 0 saturated carbocycles. The van der Waals surface area contributed by atoms with Crippen molar-refractivity contribution in [3.8, 4) is 0 Å². The van der Waals surface area contributed by atoms with E-state index in [2.05, 4.69) is 24.1 Å². The molecule has 0 aliphatic carbocycles. The molecule has 0 amide bonds. The average Bonchev–Trinajstić information content (AvgIpc) is 2.44. The van der Waals surface area contributed by atoms with Crippen LogP contribution in [0.2, 0.25) is 0 Å². The summed E-state index contributed by atoms with van der Waals surface area (Å²) < 4.78 is 0. The number of hydrogen-bond acceptors (Lipinski definition) is 5. The molecule has 0 bridgehead atoms. The number of nitrogens with zero attached hydrogens (tertiary/aromatic N) is 2. The molecule has 2 aromatic rings. The van der Waals surface area contributed by atoms with Crippen LogP contribution in [0, 0.1) is 15.5 Å². The third-order valence-corrected chi connectivity index (χ3v) is 3.54. The molecule has 0 saturated heterocycles. The molecule has 1 heterocycles. The zero-order valence-corrected chi connectivity index (χ0v) is 12.2. The molecule has 6 heteroatoms. The summed E-state index contributed by atoms with van der Waals surface area (Å²) in [7, 11) is 0. The largest absolute Gasteiger partial charge is 0.396 e. The SMILES string of the molecule is CC(C)(CCO)CNc1ccc([N+](=O)[O-])c2cnccc12. The lowest BCUT2D eigenvalue weighted by molar-refractivity contribution is -0.383. The van der Waals surface area contributed by atoms with Gasteiger partial charge in [-0.2, -0.15) is 0 Å². The minimum Gasteiger partial charge on any atom is -0.396 e. The van der Waals surface area contributed by atoms with E-state index < -0.39 is 4.92 Å². The summed E-state index contributed by atoms with van der Waals surface area (Å²) in [5, 5.41) is 24.7. The van der Waals surface area contributed by atoms with Gasteiger partial charge in [-0.05, 0) is 24.0 Å². The van der Waals surface area contributed by atoms with Crippen molar-refractivity contribution in [3.05, 3.63) is 40.7 Å². The number of aliphatic hydroxyl groups excluding tert-OH is 1. The number of nitrogens with one attached hydrogen (secondary N) is 1. The van der Waals surface area contributed by atoms with Gasteiger partial charge in [0.15, 0.2) is 0 Å². The van der Waals surface area contributed by atoms with E-state index in [4.69, 9.17) is 5.11 Å². The van der Waals surface area contributed by atoms with Crippen molar-refractivity contribution in [2.75, 3.05) is 18.5 Å². The molecular formula is C15H19N3O3. The van der Waals surface area contributed by atoms with Crippen LogP contribution in [0.1, 0.15) is 20.3 Å². The van der Waals surface area contributed by atoms with Crippen molar-refractivity contribution < 1.29 is 10.0 Å². The van der Waals surface area contributed by atoms with Crippen molar-refractivity contribution >= 4 is 22.1 Å². The average molecular weight is 289 g/mol. The van der Waals surface area contributed by atoms with Crippen LogP contribution in [0.25, 0.3) is 10.8 Å². The van der Waals surface area contributed by atoms with E-state index in [-0.39, 0.29) is 17.7 Å². The first kappa shape index (κ1) is 15.2. The zero-order valence-electron chi connectivity index (χ0n) is 12.2. The number of non-ortho nitro benzene ring substituents is 1. The number of aliphatic hydroxyl groups is 1. The van der Waals surface area contributed by atoms with Crippen LogP contribution in [0.15, 0.2) is 30.6 Å². The molecule has 2 rings (SSSR count). The zero-order chi connectivity index (χ0) is 15.5. The Kier molecular flexibility index (Phi) is 4.37. The fraction of sp³-hybridized carbons (Fsp3) is 0.400. The summed E-state index contributed by atoms with van der Waals surface area (Å²) in [5.74, 6) is 0. The first-order chi connectivity index (χ1) is 9.94. The smallest absolute Gasteiger partial charge is 0.278 e. The summed E-state index contributed by atoms with van der Waals surface area (Å²) in [6, 6.07) is 4.98. The fourth-order valence-corrected chi connectivity index (χ4v) is 2.21. The van der Waals surface area contributed by atoms with Crippen LogP contribution < -0.4 is 5.32 Å². The van der Waals surface area contributed by atoms with Crippen molar-refractivity contribution in [2.45, 2.75) is 20.3 Å². The second-order valence-electron chi connectivity index (χ2n) is 5.80. The van der Waals surface area contributed by atoms with Gasteiger partial charge in [0, 0.05) is 42.7 Å². The van der Waals surface area contributed by atoms with Crippen LogP contribution in [0.4, 0.5) is 11.4 Å². The molecule has 1 aromatic heterocycles. The predicted molar refractivity (Wildman–Crippen MR) is 82.4 cm³/mol. The maximum atomic E-state index is 11.1. The second kappa shape index (κ2) is 6.05. The Morgan fingerprint density at radius 1 is 1.33 bits per heavy atom. The number of nitro benzene ring substituents is 1. The minimum absolute atomic E-state index is 0.0540. The van der Waals surface area contributed by atoms with Gasteiger partial charge in [0.05, 0.1) is 10.3 Å². The fourth-order valence-electron chi connectivity index (χ4n) is 2.21. The van der Waals surface area contributed by atoms with Gasteiger partial charge < -0.3 is 10.4 Å². The number of aromatic nitrogens is 1. The van der Waals surface area contributed by atoms with Crippen molar-refractivity contribution in [3.63, 3.8) is 0 Å². The summed E-state index contributed by atoms with van der Waals surface area (Å²) in [5.41, 5.74) is 0.831. The van der Waals surface area contributed by atoms with E-state index in [0.717, 1.165) is 11.1 Å². The minimum atomic E-state index is -0.399. The normalized spacial score (nSPS) is 11.6. The monoisotopic (exact) mass is 289 g/mol. The molecule has 0 atom stereocenters. The number of hydrogen-bond donors (Lipinski definition) is 2. The highest BCUT2D eigenvalue weighted by Crippen LogP contribution is 2.31. The number of rotatable bonds is 6. The summed E-state index contributed by atoms with van der Waals surface area (Å²) in [6.45, 7) is 4.93. The molecule has 21 heavy (non-hydrogen) atoms. The lowest BCUT2D eigenvalue weighted by Crippen LogP contribution is -2.24. The number of anilines is 1. The van der Waals surface area contributed by atoms with E-state index in [0.29, 0.717) is 18.4 Å². The summed E-state index contributed by atoms with van der Waals surface area (Å²) in [4.78, 5) is 14.6. The maximum Gasteiger partial charge on any atom is 0.278 e. The van der Waals surface area contributed by atoms with Gasteiger partial charge in [0.25, 0.3) is 5.69 Å². The molecule has 6 nitrogen and oxygen atoms in total. The molecular weight excluding hydrogens is 270 g/mol. The van der Waals surface area contributed by atoms with Gasteiger partial charge in [0.1, 0.15) is 0 Å². The molecule has 0 radical (unpaired) electrons. The Bertz CT molecular complexity index is 656. The van der Waals surface area contributed by atoms with Gasteiger partial charge in [-0.25, -0.2) is 0 Å². The molecule has 2 N–H and O–H groups in total. The molecule has 0 unspecified atom stereocenters. The number of nitro groups is 1. The Labute approximate surface area is 123 Å². The van der Waals surface area contributed by atoms with Gasteiger partial charge in [-0.1, -0.05) is 13.8 Å². The first-order valence-corrected chi connectivity index (χ1v) is 6.80. The van der Waals surface area contributed by atoms with Crippen LogP contribution >= 0.6 is 0 Å². The van der Waals surface area contributed by atoms with Gasteiger partial charge in [-0.3, -0.25) is 15.1 Å². The van der Waals surface area contributed by atoms with Gasteiger partial charge in [-0.15, -0.1) is 0 Å². The highest BCUT2D eigenvalue weighted by Gasteiger charge is 2.19. The quantitative estimate of drug-likeness (QED) is 0.630. The lowest BCUT2D eigenvalue weighted by Gasteiger charge is -2.25. The topological polar surface area (TPSA) is 88.3 Å². The Morgan fingerprint density at radius 3 is 2.76 bits per heavy atom. The number of fused-ring (bicyclic) bond motifs is 1. The highest BCUT2D eigenvalue weighted by molar-refractivity contribution is 5.99. The Hall–Kier alpha value is -2.21. The Balaban J connectivity index is 2.34. The standard InChI is InChI=1S/C15H19N3O3/c1-15(2,6-8-19)10-17-13-3-4-14(18(20)21)12-9-16-7-5-11(12)13/h3-5,7,9,17,19H,6,8,10H2,1-2H3. The molecule has 0 aliphatic heterocycles. The Morgan fingerprint density at radius 2 is 2.10 bits per heavy atom. The van der Waals surface area contributed by atoms with E-state index in [1.54, 1.807) is 18.3 Å². The highest BCUT2D eigenvalue weighted by atomic mass is 16.6. The van der Waals surface area contributed by atoms with E-state index in [9.17, 15) is 10.1 Å². The van der Waals surface area contributed by atoms with E-state index in [1.807, 2.05) is 0 Å². The van der Waals surface area contributed by atoms with Crippen molar-refractivity contribution in [1.29, 1.82) is 0 Å². The van der Waals surface area contributed by atoms with Crippen LogP contribution in [-0.2, 0) is 0 Å². The van der Waals surface area contributed by atoms with Crippen LogP contribution in [-0.4, -0.2) is 28.2 Å². The molecule has 1 aromatic carbocycles. The van der Waals surface area contributed by atoms with Crippen molar-refractivity contribution in [2.24, 2.45) is 5.41 Å². The molecule has 0 aliphatic rings. The van der Waals surface area contributed by atoms with Crippen LogP contribution in [0.5, 0.6) is 0 Å². The maximum absolute atomic E-state index is 11.1. The number of pyridine rings is 1.